The molecule has 0 heterocycles. The molecule has 0 aromatic heterocycles. The van der Waals surface area contributed by atoms with Crippen LogP contribution in [0.15, 0.2) is 29.2 Å². The zero-order valence-corrected chi connectivity index (χ0v) is 10.5. The molecule has 2 atom stereocenters. The molecule has 1 N–H and O–H groups in total. The Kier molecular flexibility index (Phi) is 2.54. The lowest BCUT2D eigenvalue weighted by Crippen LogP contribution is -2.11. The summed E-state index contributed by atoms with van der Waals surface area (Å²) in [6.07, 6.45) is 1.77. The Labute approximate surface area is 100 Å². The largest absolute Gasteiger partial charge is 0.481 e. The van der Waals surface area contributed by atoms with Gasteiger partial charge in [-0.25, -0.2) is 8.42 Å². The normalized spacial score (nSPS) is 27.8. The quantitative estimate of drug-likeness (QED) is 0.886. The van der Waals surface area contributed by atoms with E-state index in [0.717, 1.165) is 11.8 Å². The summed E-state index contributed by atoms with van der Waals surface area (Å²) in [6.45, 7) is 1.89. The molecule has 2 unspecified atom stereocenters. The lowest BCUT2D eigenvalue weighted by Gasteiger charge is -2.10. The predicted molar refractivity (Wildman–Crippen MR) is 62.6 cm³/mol. The van der Waals surface area contributed by atoms with Crippen molar-refractivity contribution in [3.8, 4) is 0 Å². The van der Waals surface area contributed by atoms with Gasteiger partial charge in [0.2, 0.25) is 0 Å². The van der Waals surface area contributed by atoms with E-state index in [1.165, 1.54) is 12.1 Å². The summed E-state index contributed by atoms with van der Waals surface area (Å²) in [5.74, 6) is -1.15. The van der Waals surface area contributed by atoms with Gasteiger partial charge in [-0.2, -0.15) is 0 Å². The Hall–Kier alpha value is -1.36. The molecule has 1 saturated carbocycles. The maximum Gasteiger partial charge on any atom is 0.307 e. The van der Waals surface area contributed by atoms with Crippen molar-refractivity contribution in [1.82, 2.24) is 0 Å². The Balaban J connectivity index is 2.29. The second-order valence-electron chi connectivity index (χ2n) is 4.81. The Bertz CT molecular complexity index is 559. The van der Waals surface area contributed by atoms with Gasteiger partial charge in [0.05, 0.1) is 10.8 Å². The third-order valence-electron chi connectivity index (χ3n) is 3.48. The van der Waals surface area contributed by atoms with E-state index < -0.39 is 15.8 Å². The highest BCUT2D eigenvalue weighted by Crippen LogP contribution is 2.54. The average Bonchev–Trinajstić information content (AvgIpc) is 2.92. The summed E-state index contributed by atoms with van der Waals surface area (Å²) in [6, 6.07) is 6.49. The first kappa shape index (κ1) is 12.1. The molecule has 1 aromatic carbocycles. The topological polar surface area (TPSA) is 71.4 Å². The molecule has 17 heavy (non-hydrogen) atoms. The second kappa shape index (κ2) is 3.57. The van der Waals surface area contributed by atoms with E-state index in [0.29, 0.717) is 6.42 Å². The van der Waals surface area contributed by atoms with Gasteiger partial charge in [-0.1, -0.05) is 19.1 Å². The summed E-state index contributed by atoms with van der Waals surface area (Å²) >= 11 is 0. The standard InChI is InChI=1S/C12H14O4S/c1-12(7-10(12)11(13)14)8-3-5-9(6-4-8)17(2,15)16/h3-6,10H,7H2,1-2H3,(H,13,14). The van der Waals surface area contributed by atoms with Crippen molar-refractivity contribution >= 4 is 15.8 Å². The first-order chi connectivity index (χ1) is 7.75. The molecule has 2 rings (SSSR count). The van der Waals surface area contributed by atoms with Gasteiger partial charge in [0.15, 0.2) is 9.84 Å². The van der Waals surface area contributed by atoms with Crippen LogP contribution in [-0.4, -0.2) is 25.7 Å². The lowest BCUT2D eigenvalue weighted by atomic mass is 9.96. The number of carboxylic acid groups (broad SMARTS) is 1. The van der Waals surface area contributed by atoms with E-state index in [-0.39, 0.29) is 16.2 Å². The van der Waals surface area contributed by atoms with Gasteiger partial charge in [0.1, 0.15) is 0 Å². The second-order valence-corrected chi connectivity index (χ2v) is 6.82. The number of aliphatic carboxylic acids is 1. The predicted octanol–water partition coefficient (Wildman–Crippen LogP) is 1.45. The van der Waals surface area contributed by atoms with E-state index in [2.05, 4.69) is 0 Å². The number of benzene rings is 1. The van der Waals surface area contributed by atoms with Crippen molar-refractivity contribution in [1.29, 1.82) is 0 Å². The van der Waals surface area contributed by atoms with E-state index in [4.69, 9.17) is 5.11 Å². The molecule has 92 valence electrons. The lowest BCUT2D eigenvalue weighted by molar-refractivity contribution is -0.138. The van der Waals surface area contributed by atoms with Crippen molar-refractivity contribution in [2.75, 3.05) is 6.26 Å². The minimum Gasteiger partial charge on any atom is -0.481 e. The van der Waals surface area contributed by atoms with Crippen LogP contribution in [0, 0.1) is 5.92 Å². The van der Waals surface area contributed by atoms with Crippen molar-refractivity contribution in [2.24, 2.45) is 5.92 Å². The number of hydrogen-bond donors (Lipinski definition) is 1. The number of sulfone groups is 1. The van der Waals surface area contributed by atoms with E-state index in [1.54, 1.807) is 12.1 Å². The fourth-order valence-electron chi connectivity index (χ4n) is 2.13. The molecule has 0 radical (unpaired) electrons. The highest BCUT2D eigenvalue weighted by atomic mass is 32.2. The Morgan fingerprint density at radius 1 is 1.35 bits per heavy atom. The molecule has 1 aliphatic carbocycles. The maximum absolute atomic E-state index is 11.3. The summed E-state index contributed by atoms with van der Waals surface area (Å²) in [5, 5.41) is 8.94. The molecular formula is C12H14O4S. The summed E-state index contributed by atoms with van der Waals surface area (Å²) in [7, 11) is -3.19. The van der Waals surface area contributed by atoms with Gasteiger partial charge in [0, 0.05) is 11.7 Å². The monoisotopic (exact) mass is 254 g/mol. The van der Waals surface area contributed by atoms with Gasteiger partial charge < -0.3 is 5.11 Å². The first-order valence-corrected chi connectivity index (χ1v) is 7.18. The summed E-state index contributed by atoms with van der Waals surface area (Å²) in [5.41, 5.74) is 0.541. The highest BCUT2D eigenvalue weighted by Gasteiger charge is 2.55. The molecule has 0 aliphatic heterocycles. The number of rotatable bonds is 3. The van der Waals surface area contributed by atoms with Gasteiger partial charge in [-0.3, -0.25) is 4.79 Å². The molecule has 5 heteroatoms. The van der Waals surface area contributed by atoms with E-state index >= 15 is 0 Å². The fourth-order valence-corrected chi connectivity index (χ4v) is 2.76. The van der Waals surface area contributed by atoms with Gasteiger partial charge >= 0.3 is 5.97 Å². The maximum atomic E-state index is 11.3. The van der Waals surface area contributed by atoms with Gasteiger partial charge in [0.25, 0.3) is 0 Å². The van der Waals surface area contributed by atoms with Crippen LogP contribution in [-0.2, 0) is 20.0 Å². The number of carbonyl (C=O) groups is 1. The van der Waals surface area contributed by atoms with E-state index in [1.807, 2.05) is 6.92 Å². The molecule has 1 aliphatic rings. The average molecular weight is 254 g/mol. The SMILES string of the molecule is CC1(c2ccc(S(C)(=O)=O)cc2)CC1C(=O)O. The van der Waals surface area contributed by atoms with Crippen LogP contribution in [0.25, 0.3) is 0 Å². The molecule has 1 fully saturated rings. The zero-order chi connectivity index (χ0) is 12.8. The van der Waals surface area contributed by atoms with Crippen LogP contribution in [0.4, 0.5) is 0 Å². The fraction of sp³-hybridized carbons (Fsp3) is 0.417. The Morgan fingerprint density at radius 3 is 2.24 bits per heavy atom. The third kappa shape index (κ3) is 2.07. The molecule has 1 aromatic rings. The summed E-state index contributed by atoms with van der Waals surface area (Å²) in [4.78, 5) is 11.1. The highest BCUT2D eigenvalue weighted by molar-refractivity contribution is 7.90. The molecule has 0 spiro atoms. The van der Waals surface area contributed by atoms with Crippen LogP contribution in [0.3, 0.4) is 0 Å². The van der Waals surface area contributed by atoms with Crippen molar-refractivity contribution in [2.45, 2.75) is 23.7 Å². The van der Waals surface area contributed by atoms with Crippen LogP contribution in [0.2, 0.25) is 0 Å². The van der Waals surface area contributed by atoms with Crippen molar-refractivity contribution < 1.29 is 18.3 Å². The summed E-state index contributed by atoms with van der Waals surface area (Å²) < 4.78 is 22.6. The van der Waals surface area contributed by atoms with Gasteiger partial charge in [-0.15, -0.1) is 0 Å². The third-order valence-corrected chi connectivity index (χ3v) is 4.61. The Morgan fingerprint density at radius 2 is 1.88 bits per heavy atom. The smallest absolute Gasteiger partial charge is 0.307 e. The zero-order valence-electron chi connectivity index (χ0n) is 9.67. The van der Waals surface area contributed by atoms with Crippen molar-refractivity contribution in [3.05, 3.63) is 29.8 Å². The van der Waals surface area contributed by atoms with Crippen LogP contribution in [0.1, 0.15) is 18.9 Å². The molecule has 4 nitrogen and oxygen atoms in total. The van der Waals surface area contributed by atoms with E-state index in [9.17, 15) is 13.2 Å². The first-order valence-electron chi connectivity index (χ1n) is 5.28. The number of hydrogen-bond acceptors (Lipinski definition) is 3. The van der Waals surface area contributed by atoms with Crippen LogP contribution < -0.4 is 0 Å². The van der Waals surface area contributed by atoms with Crippen LogP contribution in [0.5, 0.6) is 0 Å². The van der Waals surface area contributed by atoms with Crippen molar-refractivity contribution in [3.63, 3.8) is 0 Å². The molecule has 0 saturated heterocycles. The minimum atomic E-state index is -3.19. The molecule has 0 amide bonds. The number of carboxylic acids is 1. The van der Waals surface area contributed by atoms with Gasteiger partial charge in [-0.05, 0) is 24.1 Å². The molecule has 0 bridgehead atoms. The molecular weight excluding hydrogens is 240 g/mol. The minimum absolute atomic E-state index is 0.261. The van der Waals surface area contributed by atoms with Crippen LogP contribution >= 0.6 is 0 Å².